The number of hydrogen-bond donors (Lipinski definition) is 2. The second kappa shape index (κ2) is 4.56. The van der Waals surface area contributed by atoms with Crippen LogP contribution in [0.15, 0.2) is 53.4 Å². The maximum absolute atomic E-state index is 11.4. The van der Waals surface area contributed by atoms with Gasteiger partial charge in [-0.25, -0.2) is 0 Å². The van der Waals surface area contributed by atoms with Gasteiger partial charge in [-0.15, -0.1) is 4.91 Å². The first-order valence-corrected chi connectivity index (χ1v) is 7.15. The fourth-order valence-corrected chi connectivity index (χ4v) is 3.18. The fourth-order valence-electron chi connectivity index (χ4n) is 3.18. The van der Waals surface area contributed by atoms with Gasteiger partial charge in [-0.05, 0) is 29.3 Å². The smallest absolute Gasteiger partial charge is 0.141 e. The van der Waals surface area contributed by atoms with Crippen LogP contribution in [0.2, 0.25) is 0 Å². The number of nitrogens with zero attached hydrogens (tertiary/aromatic N) is 1. The Labute approximate surface area is 127 Å². The summed E-state index contributed by atoms with van der Waals surface area (Å²) >= 11 is 0. The van der Waals surface area contributed by atoms with Gasteiger partial charge >= 0.3 is 0 Å². The van der Waals surface area contributed by atoms with Crippen molar-refractivity contribution in [3.05, 3.63) is 75.5 Å². The normalized spacial score (nSPS) is 13.7. The number of aromatic amines is 1. The number of fused-ring (bicyclic) bond motifs is 2. The van der Waals surface area contributed by atoms with Gasteiger partial charge < -0.3 is 10.1 Å². The summed E-state index contributed by atoms with van der Waals surface area (Å²) < 4.78 is 0. The minimum Gasteiger partial charge on any atom is -0.511 e. The van der Waals surface area contributed by atoms with Gasteiger partial charge in [-0.3, -0.25) is 0 Å². The lowest BCUT2D eigenvalue weighted by molar-refractivity contribution is 0.405. The molecule has 0 unspecified atom stereocenters. The molecular formula is C18H14N2O2. The Morgan fingerprint density at radius 1 is 1.18 bits per heavy atom. The molecule has 0 aliphatic heterocycles. The third-order valence-electron chi connectivity index (χ3n) is 4.20. The van der Waals surface area contributed by atoms with Gasteiger partial charge in [0.2, 0.25) is 0 Å². The van der Waals surface area contributed by atoms with Crippen LogP contribution in [0.3, 0.4) is 0 Å². The molecule has 108 valence electrons. The molecule has 0 atom stereocenters. The summed E-state index contributed by atoms with van der Waals surface area (Å²) in [5.41, 5.74) is 5.62. The quantitative estimate of drug-likeness (QED) is 0.669. The number of benzene rings is 2. The Hall–Kier alpha value is -2.88. The number of nitroso groups, excluding NO2 is 1. The molecule has 1 aliphatic rings. The van der Waals surface area contributed by atoms with Gasteiger partial charge in [0.05, 0.1) is 5.69 Å². The van der Waals surface area contributed by atoms with E-state index in [2.05, 4.69) is 10.2 Å². The summed E-state index contributed by atoms with van der Waals surface area (Å²) in [5.74, 6) is 0.275. The summed E-state index contributed by atoms with van der Waals surface area (Å²) in [5, 5.41) is 14.4. The predicted octanol–water partition coefficient (Wildman–Crippen LogP) is 4.75. The molecular weight excluding hydrogens is 276 g/mol. The zero-order valence-corrected chi connectivity index (χ0v) is 12.1. The third-order valence-corrected chi connectivity index (χ3v) is 4.20. The number of aromatic nitrogens is 1. The fraction of sp³-hybridized carbons (Fsp3) is 0.111. The van der Waals surface area contributed by atoms with E-state index >= 15 is 0 Å². The van der Waals surface area contributed by atoms with Crippen molar-refractivity contribution in [3.63, 3.8) is 0 Å². The van der Waals surface area contributed by atoms with Gasteiger partial charge in [0, 0.05) is 22.9 Å². The Morgan fingerprint density at radius 2 is 2.00 bits per heavy atom. The lowest BCUT2D eigenvalue weighted by Crippen LogP contribution is -1.90. The number of para-hydroxylation sites is 1. The second-order valence-electron chi connectivity index (χ2n) is 5.64. The van der Waals surface area contributed by atoms with Gasteiger partial charge in [0.1, 0.15) is 11.4 Å². The van der Waals surface area contributed by atoms with Crippen molar-refractivity contribution in [2.75, 3.05) is 0 Å². The molecule has 1 heterocycles. The van der Waals surface area contributed by atoms with Gasteiger partial charge in [0.25, 0.3) is 0 Å². The number of allylic oxidation sites excluding steroid dienone is 1. The van der Waals surface area contributed by atoms with Crippen molar-refractivity contribution >= 4 is 22.2 Å². The highest BCUT2D eigenvalue weighted by Crippen LogP contribution is 2.42. The highest BCUT2D eigenvalue weighted by molar-refractivity contribution is 6.01. The Morgan fingerprint density at radius 3 is 2.82 bits per heavy atom. The minimum atomic E-state index is 0.275. The van der Waals surface area contributed by atoms with E-state index in [9.17, 15) is 10.0 Å². The molecule has 4 heteroatoms. The number of rotatable bonds is 2. The van der Waals surface area contributed by atoms with Crippen LogP contribution in [0, 0.1) is 11.8 Å². The monoisotopic (exact) mass is 290 g/mol. The molecule has 4 nitrogen and oxygen atoms in total. The molecule has 0 bridgehead atoms. The molecule has 0 spiro atoms. The highest BCUT2D eigenvalue weighted by atomic mass is 16.3. The van der Waals surface area contributed by atoms with E-state index in [1.807, 2.05) is 49.4 Å². The van der Waals surface area contributed by atoms with Gasteiger partial charge in [-0.1, -0.05) is 42.0 Å². The van der Waals surface area contributed by atoms with Gasteiger partial charge in [-0.2, -0.15) is 0 Å². The molecule has 22 heavy (non-hydrogen) atoms. The molecule has 2 N–H and O–H groups in total. The third kappa shape index (κ3) is 1.70. The molecule has 0 radical (unpaired) electrons. The molecule has 0 amide bonds. The van der Waals surface area contributed by atoms with Crippen LogP contribution in [0.25, 0.3) is 16.5 Å². The Bertz CT molecular complexity index is 951. The Kier molecular flexibility index (Phi) is 2.66. The molecule has 3 aromatic rings. The van der Waals surface area contributed by atoms with Crippen molar-refractivity contribution in [2.24, 2.45) is 5.18 Å². The Balaban J connectivity index is 2.02. The lowest BCUT2D eigenvalue weighted by atomic mass is 10.00. The summed E-state index contributed by atoms with van der Waals surface area (Å²) in [4.78, 5) is 14.6. The summed E-state index contributed by atoms with van der Waals surface area (Å²) in [6.45, 7) is 2.01. The molecule has 2 aromatic carbocycles. The molecule has 0 fully saturated rings. The maximum atomic E-state index is 11.4. The van der Waals surface area contributed by atoms with Crippen LogP contribution in [0.1, 0.15) is 22.4 Å². The molecule has 0 saturated carbocycles. The standard InChI is InChI=1S/C18H14N2O2/c1-10-6-7-11-9-15(21)16(13(11)8-10)18-17(20-22)12-4-2-3-5-14(12)19-18/h2-8,19,21H,9H2,1H3. The predicted molar refractivity (Wildman–Crippen MR) is 87.3 cm³/mol. The van der Waals surface area contributed by atoms with E-state index in [-0.39, 0.29) is 5.76 Å². The maximum Gasteiger partial charge on any atom is 0.141 e. The van der Waals surface area contributed by atoms with Crippen molar-refractivity contribution in [2.45, 2.75) is 13.3 Å². The van der Waals surface area contributed by atoms with Crippen LogP contribution in [-0.4, -0.2) is 10.1 Å². The van der Waals surface area contributed by atoms with Crippen LogP contribution >= 0.6 is 0 Å². The second-order valence-corrected chi connectivity index (χ2v) is 5.64. The van der Waals surface area contributed by atoms with Crippen molar-refractivity contribution < 1.29 is 5.11 Å². The average Bonchev–Trinajstić information content (AvgIpc) is 3.03. The van der Waals surface area contributed by atoms with Crippen LogP contribution in [0.5, 0.6) is 0 Å². The number of aliphatic hydroxyl groups is 1. The summed E-state index contributed by atoms with van der Waals surface area (Å²) in [6, 6.07) is 13.6. The number of aryl methyl sites for hydroxylation is 1. The first kappa shape index (κ1) is 12.8. The largest absolute Gasteiger partial charge is 0.511 e. The zero-order chi connectivity index (χ0) is 15.3. The SMILES string of the molecule is Cc1ccc2c(c1)C(c1[nH]c3ccccc3c1N=O)=C(O)C2. The highest BCUT2D eigenvalue weighted by Gasteiger charge is 2.27. The van der Waals surface area contributed by atoms with Crippen molar-refractivity contribution in [3.8, 4) is 0 Å². The van der Waals surface area contributed by atoms with Crippen LogP contribution in [-0.2, 0) is 6.42 Å². The van der Waals surface area contributed by atoms with Crippen LogP contribution in [0.4, 0.5) is 5.69 Å². The van der Waals surface area contributed by atoms with E-state index in [4.69, 9.17) is 0 Å². The lowest BCUT2D eigenvalue weighted by Gasteiger charge is -2.06. The van der Waals surface area contributed by atoms with Crippen molar-refractivity contribution in [1.82, 2.24) is 4.98 Å². The number of H-pyrrole nitrogens is 1. The zero-order valence-electron chi connectivity index (χ0n) is 12.1. The molecule has 0 saturated heterocycles. The van der Waals surface area contributed by atoms with E-state index in [0.29, 0.717) is 23.4 Å². The molecule has 4 rings (SSSR count). The minimum absolute atomic E-state index is 0.275. The van der Waals surface area contributed by atoms with E-state index < -0.39 is 0 Å². The van der Waals surface area contributed by atoms with Crippen molar-refractivity contribution in [1.29, 1.82) is 0 Å². The first-order valence-electron chi connectivity index (χ1n) is 7.15. The topological polar surface area (TPSA) is 65.5 Å². The van der Waals surface area contributed by atoms with E-state index in [1.54, 1.807) is 0 Å². The molecule has 1 aliphatic carbocycles. The average molecular weight is 290 g/mol. The van der Waals surface area contributed by atoms with E-state index in [1.165, 1.54) is 0 Å². The van der Waals surface area contributed by atoms with Crippen LogP contribution < -0.4 is 0 Å². The first-order chi connectivity index (χ1) is 10.7. The molecule has 1 aromatic heterocycles. The summed E-state index contributed by atoms with van der Waals surface area (Å²) in [7, 11) is 0. The van der Waals surface area contributed by atoms with E-state index in [0.717, 1.165) is 27.6 Å². The van der Waals surface area contributed by atoms with Gasteiger partial charge in [0.15, 0.2) is 0 Å². The number of aliphatic hydroxyl groups excluding tert-OH is 1. The number of hydrogen-bond acceptors (Lipinski definition) is 3. The number of nitrogens with one attached hydrogen (secondary N) is 1. The summed E-state index contributed by atoms with van der Waals surface area (Å²) in [6.07, 6.45) is 0.485.